The van der Waals surface area contributed by atoms with Crippen LogP contribution in [-0.4, -0.2) is 33.7 Å². The van der Waals surface area contributed by atoms with Crippen molar-refractivity contribution >= 4 is 16.9 Å². The van der Waals surface area contributed by atoms with E-state index in [9.17, 15) is 14.4 Å². The van der Waals surface area contributed by atoms with Gasteiger partial charge in [0.25, 0.3) is 11.5 Å². The van der Waals surface area contributed by atoms with Crippen LogP contribution in [0.15, 0.2) is 39.9 Å². The van der Waals surface area contributed by atoms with Gasteiger partial charge in [-0.25, -0.2) is 9.78 Å². The molecule has 0 unspecified atom stereocenters. The maximum atomic E-state index is 12.6. The molecule has 1 N–H and O–H groups in total. The average Bonchev–Trinajstić information content (AvgIpc) is 2.79. The first-order valence-corrected chi connectivity index (χ1v) is 10.4. The molecule has 1 amide bonds. The Bertz CT molecular complexity index is 1260. The maximum absolute atomic E-state index is 12.6. The van der Waals surface area contributed by atoms with Gasteiger partial charge in [-0.2, -0.15) is 0 Å². The molecule has 170 valence electrons. The first kappa shape index (κ1) is 23.1. The Morgan fingerprint density at radius 2 is 1.84 bits per heavy atom. The number of aryl methyl sites for hydroxylation is 1. The van der Waals surface area contributed by atoms with E-state index >= 15 is 0 Å². The van der Waals surface area contributed by atoms with Crippen LogP contribution in [0, 0.1) is 5.92 Å². The molecular formula is C23H28N4O5. The summed E-state index contributed by atoms with van der Waals surface area (Å²) in [5.74, 6) is 1.37. The van der Waals surface area contributed by atoms with Crippen LogP contribution in [0.25, 0.3) is 11.0 Å². The molecule has 0 aliphatic rings. The molecule has 0 fully saturated rings. The minimum atomic E-state index is -0.504. The maximum Gasteiger partial charge on any atom is 0.332 e. The second-order valence-corrected chi connectivity index (χ2v) is 7.97. The Morgan fingerprint density at radius 1 is 1.09 bits per heavy atom. The predicted octanol–water partition coefficient (Wildman–Crippen LogP) is 2.00. The summed E-state index contributed by atoms with van der Waals surface area (Å²) >= 11 is 0. The number of carbonyl (C=O) groups is 1. The number of rotatable bonds is 8. The molecule has 3 rings (SSSR count). The Labute approximate surface area is 185 Å². The molecule has 0 saturated carbocycles. The van der Waals surface area contributed by atoms with Crippen molar-refractivity contribution in [1.29, 1.82) is 0 Å². The number of aromatic nitrogens is 3. The van der Waals surface area contributed by atoms with E-state index in [0.717, 1.165) is 16.6 Å². The van der Waals surface area contributed by atoms with Gasteiger partial charge in [0.15, 0.2) is 11.5 Å². The largest absolute Gasteiger partial charge is 0.493 e. The van der Waals surface area contributed by atoms with Crippen LogP contribution in [-0.2, 0) is 20.6 Å². The molecule has 0 aliphatic carbocycles. The van der Waals surface area contributed by atoms with E-state index in [1.54, 1.807) is 7.11 Å². The Balaban J connectivity index is 1.75. The highest BCUT2D eigenvalue weighted by atomic mass is 16.5. The van der Waals surface area contributed by atoms with Crippen molar-refractivity contribution in [2.24, 2.45) is 20.0 Å². The van der Waals surface area contributed by atoms with Crippen LogP contribution >= 0.6 is 0 Å². The van der Waals surface area contributed by atoms with Crippen LogP contribution < -0.4 is 26.0 Å². The fraction of sp³-hybridized carbons (Fsp3) is 0.391. The van der Waals surface area contributed by atoms with Crippen molar-refractivity contribution in [2.45, 2.75) is 26.8 Å². The SMILES string of the molecule is COc1cc(CNC(=O)c2ccc3c(=O)n(C)c(=O)n(C)c3n2)ccc1OCCC(C)C. The number of pyridine rings is 1. The van der Waals surface area contributed by atoms with E-state index in [1.807, 2.05) is 18.2 Å². The fourth-order valence-corrected chi connectivity index (χ4v) is 3.20. The number of ether oxygens (including phenoxy) is 2. The predicted molar refractivity (Wildman–Crippen MR) is 121 cm³/mol. The summed E-state index contributed by atoms with van der Waals surface area (Å²) in [6.07, 6.45) is 0.942. The van der Waals surface area contributed by atoms with E-state index in [4.69, 9.17) is 9.47 Å². The van der Waals surface area contributed by atoms with Crippen molar-refractivity contribution < 1.29 is 14.3 Å². The zero-order chi connectivity index (χ0) is 23.4. The highest BCUT2D eigenvalue weighted by Gasteiger charge is 2.14. The summed E-state index contributed by atoms with van der Waals surface area (Å²) in [7, 11) is 4.48. The Kier molecular flexibility index (Phi) is 6.97. The van der Waals surface area contributed by atoms with Gasteiger partial charge in [0.1, 0.15) is 11.3 Å². The first-order valence-electron chi connectivity index (χ1n) is 10.4. The molecule has 2 heterocycles. The molecule has 9 nitrogen and oxygen atoms in total. The van der Waals surface area contributed by atoms with Gasteiger partial charge in [-0.3, -0.25) is 18.7 Å². The summed E-state index contributed by atoms with van der Waals surface area (Å²) in [6.45, 7) is 5.12. The van der Waals surface area contributed by atoms with Crippen molar-refractivity contribution in [3.63, 3.8) is 0 Å². The van der Waals surface area contributed by atoms with Gasteiger partial charge in [0.2, 0.25) is 0 Å². The normalized spacial score (nSPS) is 11.1. The van der Waals surface area contributed by atoms with Gasteiger partial charge in [-0.15, -0.1) is 0 Å². The molecule has 0 aliphatic heterocycles. The smallest absolute Gasteiger partial charge is 0.332 e. The third-order valence-electron chi connectivity index (χ3n) is 5.17. The summed E-state index contributed by atoms with van der Waals surface area (Å²) in [4.78, 5) is 41.3. The van der Waals surface area contributed by atoms with Crippen molar-refractivity contribution in [3.05, 3.63) is 62.4 Å². The van der Waals surface area contributed by atoms with E-state index in [-0.39, 0.29) is 23.3 Å². The Morgan fingerprint density at radius 3 is 2.53 bits per heavy atom. The lowest BCUT2D eigenvalue weighted by Gasteiger charge is -2.13. The topological polar surface area (TPSA) is 104 Å². The summed E-state index contributed by atoms with van der Waals surface area (Å²) in [5, 5.41) is 3.07. The van der Waals surface area contributed by atoms with Crippen molar-refractivity contribution in [2.75, 3.05) is 13.7 Å². The standard InChI is InChI=1S/C23H28N4O5/c1-14(2)10-11-32-18-9-6-15(12-19(18)31-5)13-24-21(28)17-8-7-16-20(25-17)26(3)23(30)27(4)22(16)29/h6-9,12,14H,10-11,13H2,1-5H3,(H,24,28). The number of nitrogens with zero attached hydrogens (tertiary/aromatic N) is 3. The zero-order valence-corrected chi connectivity index (χ0v) is 19.0. The van der Waals surface area contributed by atoms with Crippen LogP contribution in [0.4, 0.5) is 0 Å². The summed E-state index contributed by atoms with van der Waals surface area (Å²) in [5.41, 5.74) is 0.144. The molecule has 3 aromatic rings. The Hall–Kier alpha value is -3.62. The third kappa shape index (κ3) is 4.82. The molecule has 0 bridgehead atoms. The highest BCUT2D eigenvalue weighted by Crippen LogP contribution is 2.28. The second kappa shape index (κ2) is 9.67. The highest BCUT2D eigenvalue weighted by molar-refractivity contribution is 5.94. The molecule has 0 atom stereocenters. The number of carbonyl (C=O) groups excluding carboxylic acids is 1. The number of hydrogen-bond donors (Lipinski definition) is 1. The molecular weight excluding hydrogens is 412 g/mol. The van der Waals surface area contributed by atoms with Gasteiger partial charge in [0, 0.05) is 20.6 Å². The lowest BCUT2D eigenvalue weighted by atomic mass is 10.1. The van der Waals surface area contributed by atoms with Gasteiger partial charge in [-0.1, -0.05) is 19.9 Å². The van der Waals surface area contributed by atoms with Gasteiger partial charge < -0.3 is 14.8 Å². The van der Waals surface area contributed by atoms with E-state index in [0.29, 0.717) is 24.0 Å². The van der Waals surface area contributed by atoms with E-state index < -0.39 is 17.2 Å². The lowest BCUT2D eigenvalue weighted by Crippen LogP contribution is -2.37. The average molecular weight is 441 g/mol. The number of methoxy groups -OCH3 is 1. The molecule has 2 aromatic heterocycles. The van der Waals surface area contributed by atoms with Crippen LogP contribution in [0.2, 0.25) is 0 Å². The van der Waals surface area contributed by atoms with Gasteiger partial charge in [0.05, 0.1) is 19.1 Å². The van der Waals surface area contributed by atoms with E-state index in [2.05, 4.69) is 24.1 Å². The zero-order valence-electron chi connectivity index (χ0n) is 19.0. The van der Waals surface area contributed by atoms with Crippen LogP contribution in [0.3, 0.4) is 0 Å². The monoisotopic (exact) mass is 440 g/mol. The molecule has 0 radical (unpaired) electrons. The van der Waals surface area contributed by atoms with Gasteiger partial charge >= 0.3 is 5.69 Å². The van der Waals surface area contributed by atoms with Gasteiger partial charge in [-0.05, 0) is 42.2 Å². The molecule has 9 heteroatoms. The number of benzene rings is 1. The summed E-state index contributed by atoms with van der Waals surface area (Å²) < 4.78 is 13.5. The lowest BCUT2D eigenvalue weighted by molar-refractivity contribution is 0.0946. The van der Waals surface area contributed by atoms with E-state index in [1.165, 1.54) is 30.8 Å². The van der Waals surface area contributed by atoms with Crippen LogP contribution in [0.1, 0.15) is 36.3 Å². The number of amides is 1. The van der Waals surface area contributed by atoms with Crippen molar-refractivity contribution in [1.82, 2.24) is 19.4 Å². The molecule has 32 heavy (non-hydrogen) atoms. The van der Waals surface area contributed by atoms with Crippen molar-refractivity contribution in [3.8, 4) is 11.5 Å². The second-order valence-electron chi connectivity index (χ2n) is 7.97. The molecule has 1 aromatic carbocycles. The minimum absolute atomic E-state index is 0.112. The number of fused-ring (bicyclic) bond motifs is 1. The van der Waals surface area contributed by atoms with Crippen LogP contribution in [0.5, 0.6) is 11.5 Å². The minimum Gasteiger partial charge on any atom is -0.493 e. The molecule has 0 saturated heterocycles. The molecule has 0 spiro atoms. The third-order valence-corrected chi connectivity index (χ3v) is 5.17. The fourth-order valence-electron chi connectivity index (χ4n) is 3.20. The first-order chi connectivity index (χ1) is 15.2. The quantitative estimate of drug-likeness (QED) is 0.575. The number of hydrogen-bond acceptors (Lipinski definition) is 6. The summed E-state index contributed by atoms with van der Waals surface area (Å²) in [6, 6.07) is 8.46. The number of nitrogens with one attached hydrogen (secondary N) is 1.